The molecule has 3 heteroatoms. The maximum absolute atomic E-state index is 6.00. The van der Waals surface area contributed by atoms with E-state index in [1.54, 1.807) is 11.3 Å². The summed E-state index contributed by atoms with van der Waals surface area (Å²) in [5, 5.41) is 1.12. The highest BCUT2D eigenvalue weighted by molar-refractivity contribution is 7.19. The fourth-order valence-electron chi connectivity index (χ4n) is 2.39. The lowest BCUT2D eigenvalue weighted by atomic mass is 9.91. The summed E-state index contributed by atoms with van der Waals surface area (Å²) in [4.78, 5) is 4.63. The molecule has 17 heavy (non-hydrogen) atoms. The minimum Gasteiger partial charge on any atom is -0.327 e. The molecule has 1 aliphatic rings. The van der Waals surface area contributed by atoms with Crippen LogP contribution in [-0.2, 0) is 0 Å². The summed E-state index contributed by atoms with van der Waals surface area (Å²) in [5.74, 6) is 0. The van der Waals surface area contributed by atoms with Crippen LogP contribution in [0.5, 0.6) is 0 Å². The third kappa shape index (κ3) is 2.40. The largest absolute Gasteiger partial charge is 0.327 e. The van der Waals surface area contributed by atoms with Gasteiger partial charge in [0.1, 0.15) is 5.01 Å². The Kier molecular flexibility index (Phi) is 2.95. The Morgan fingerprint density at radius 2 is 2.24 bits per heavy atom. The van der Waals surface area contributed by atoms with Crippen molar-refractivity contribution in [1.29, 1.82) is 0 Å². The number of benzene rings is 1. The highest BCUT2D eigenvalue weighted by Gasteiger charge is 2.13. The van der Waals surface area contributed by atoms with Gasteiger partial charge in [-0.25, -0.2) is 4.98 Å². The van der Waals surface area contributed by atoms with Gasteiger partial charge < -0.3 is 5.73 Å². The fourth-order valence-corrected chi connectivity index (χ4v) is 3.35. The molecule has 1 atom stereocenters. The van der Waals surface area contributed by atoms with Crippen molar-refractivity contribution < 1.29 is 0 Å². The molecule has 0 saturated heterocycles. The van der Waals surface area contributed by atoms with Crippen molar-refractivity contribution >= 4 is 27.6 Å². The Balaban J connectivity index is 1.91. The molecule has 0 spiro atoms. The first-order valence-corrected chi connectivity index (χ1v) is 6.93. The topological polar surface area (TPSA) is 38.9 Å². The molecular weight excluding hydrogens is 228 g/mol. The molecule has 1 heterocycles. The molecule has 88 valence electrons. The summed E-state index contributed by atoms with van der Waals surface area (Å²) in [6.07, 6.45) is 6.85. The lowest BCUT2D eigenvalue weighted by Crippen LogP contribution is -2.23. The van der Waals surface area contributed by atoms with E-state index in [0.717, 1.165) is 23.4 Å². The van der Waals surface area contributed by atoms with Crippen LogP contribution in [0.1, 0.15) is 30.7 Å². The Hall–Kier alpha value is -1.19. The molecule has 2 nitrogen and oxygen atoms in total. The van der Waals surface area contributed by atoms with Crippen LogP contribution in [0.3, 0.4) is 0 Å². The first kappa shape index (κ1) is 10.9. The van der Waals surface area contributed by atoms with E-state index in [2.05, 4.69) is 29.3 Å². The van der Waals surface area contributed by atoms with Gasteiger partial charge in [-0.3, -0.25) is 0 Å². The third-order valence-electron chi connectivity index (χ3n) is 3.24. The maximum atomic E-state index is 6.00. The Labute approximate surface area is 105 Å². The van der Waals surface area contributed by atoms with Crippen LogP contribution in [-0.4, -0.2) is 11.0 Å². The minimum absolute atomic E-state index is 0.351. The van der Waals surface area contributed by atoms with Gasteiger partial charge in [-0.05, 0) is 43.9 Å². The first-order chi connectivity index (χ1) is 8.31. The van der Waals surface area contributed by atoms with Crippen LogP contribution in [0.4, 0.5) is 0 Å². The van der Waals surface area contributed by atoms with Crippen LogP contribution in [0, 0.1) is 0 Å². The number of fused-ring (bicyclic) bond motifs is 1. The average Bonchev–Trinajstić information content (AvgIpc) is 2.71. The molecule has 1 saturated carbocycles. The van der Waals surface area contributed by atoms with Gasteiger partial charge in [0.25, 0.3) is 0 Å². The Morgan fingerprint density at radius 1 is 1.35 bits per heavy atom. The number of nitrogens with two attached hydrogens (primary N) is 1. The Bertz CT molecular complexity index is 523. The van der Waals surface area contributed by atoms with Gasteiger partial charge in [-0.2, -0.15) is 0 Å². The summed E-state index contributed by atoms with van der Waals surface area (Å²) in [6, 6.07) is 8.65. The van der Waals surface area contributed by atoms with Crippen LogP contribution in [0.2, 0.25) is 0 Å². The van der Waals surface area contributed by atoms with E-state index in [9.17, 15) is 0 Å². The molecule has 0 bridgehead atoms. The predicted molar refractivity (Wildman–Crippen MR) is 74.0 cm³/mol. The van der Waals surface area contributed by atoms with Crippen molar-refractivity contribution in [2.75, 3.05) is 0 Å². The minimum atomic E-state index is 0.351. The van der Waals surface area contributed by atoms with Gasteiger partial charge in [0.05, 0.1) is 10.2 Å². The summed E-state index contributed by atoms with van der Waals surface area (Å²) >= 11 is 1.76. The van der Waals surface area contributed by atoms with Crippen molar-refractivity contribution in [3.05, 3.63) is 34.8 Å². The monoisotopic (exact) mass is 244 g/mol. The van der Waals surface area contributed by atoms with Crippen LogP contribution in [0.25, 0.3) is 16.3 Å². The number of rotatable bonds is 1. The van der Waals surface area contributed by atoms with Crippen LogP contribution < -0.4 is 5.73 Å². The van der Waals surface area contributed by atoms with Gasteiger partial charge in [-0.15, -0.1) is 11.3 Å². The zero-order chi connectivity index (χ0) is 11.7. The van der Waals surface area contributed by atoms with Gasteiger partial charge in [-0.1, -0.05) is 17.7 Å². The molecule has 2 N–H and O–H groups in total. The fraction of sp³-hybridized carbons (Fsp3) is 0.357. The van der Waals surface area contributed by atoms with Crippen molar-refractivity contribution in [2.24, 2.45) is 5.73 Å². The van der Waals surface area contributed by atoms with E-state index in [0.29, 0.717) is 6.04 Å². The van der Waals surface area contributed by atoms with E-state index in [-0.39, 0.29) is 0 Å². The van der Waals surface area contributed by atoms with Gasteiger partial charge in [0.15, 0.2) is 0 Å². The number of hydrogen-bond donors (Lipinski definition) is 1. The van der Waals surface area contributed by atoms with Crippen molar-refractivity contribution in [3.8, 4) is 0 Å². The highest BCUT2D eigenvalue weighted by atomic mass is 32.1. The van der Waals surface area contributed by atoms with E-state index in [1.807, 2.05) is 6.07 Å². The standard InChI is InChI=1S/C14H16N2S/c15-11-5-3-4-10(8-11)9-14-16-12-6-1-2-7-13(12)17-14/h1-2,6-7,9,11H,3-5,8,15H2/b10-9-. The molecule has 3 rings (SSSR count). The lowest BCUT2D eigenvalue weighted by Gasteiger charge is -2.19. The van der Waals surface area contributed by atoms with E-state index in [1.165, 1.54) is 23.1 Å². The highest BCUT2D eigenvalue weighted by Crippen LogP contribution is 2.28. The number of thiazole rings is 1. The van der Waals surface area contributed by atoms with Gasteiger partial charge >= 0.3 is 0 Å². The smallest absolute Gasteiger partial charge is 0.117 e. The first-order valence-electron chi connectivity index (χ1n) is 6.12. The zero-order valence-corrected chi connectivity index (χ0v) is 10.5. The van der Waals surface area contributed by atoms with Crippen molar-refractivity contribution in [3.63, 3.8) is 0 Å². The quantitative estimate of drug-likeness (QED) is 0.832. The molecule has 1 fully saturated rings. The van der Waals surface area contributed by atoms with Crippen LogP contribution in [0.15, 0.2) is 29.8 Å². The maximum Gasteiger partial charge on any atom is 0.117 e. The molecular formula is C14H16N2S. The normalized spacial score (nSPS) is 23.4. The van der Waals surface area contributed by atoms with Gasteiger partial charge in [0.2, 0.25) is 0 Å². The number of para-hydroxylation sites is 1. The molecule has 1 aromatic carbocycles. The molecule has 0 amide bonds. The Morgan fingerprint density at radius 3 is 3.06 bits per heavy atom. The summed E-state index contributed by atoms with van der Waals surface area (Å²) in [5.41, 5.74) is 8.56. The summed E-state index contributed by atoms with van der Waals surface area (Å²) < 4.78 is 1.26. The van der Waals surface area contributed by atoms with E-state index < -0.39 is 0 Å². The SMILES string of the molecule is NC1CCC/C(=C/c2nc3ccccc3s2)C1. The second kappa shape index (κ2) is 4.59. The van der Waals surface area contributed by atoms with Crippen LogP contribution >= 0.6 is 11.3 Å². The molecule has 1 aromatic heterocycles. The number of aromatic nitrogens is 1. The molecule has 0 aliphatic heterocycles. The zero-order valence-electron chi connectivity index (χ0n) is 9.73. The average molecular weight is 244 g/mol. The second-order valence-electron chi connectivity index (χ2n) is 4.68. The second-order valence-corrected chi connectivity index (χ2v) is 5.74. The molecule has 1 unspecified atom stereocenters. The predicted octanol–water partition coefficient (Wildman–Crippen LogP) is 3.58. The molecule has 0 radical (unpaired) electrons. The number of hydrogen-bond acceptors (Lipinski definition) is 3. The lowest BCUT2D eigenvalue weighted by molar-refractivity contribution is 0.520. The molecule has 1 aliphatic carbocycles. The summed E-state index contributed by atoms with van der Waals surface area (Å²) in [7, 11) is 0. The third-order valence-corrected chi connectivity index (χ3v) is 4.22. The summed E-state index contributed by atoms with van der Waals surface area (Å²) in [6.45, 7) is 0. The van der Waals surface area contributed by atoms with Crippen molar-refractivity contribution in [2.45, 2.75) is 31.7 Å². The number of nitrogens with zero attached hydrogens (tertiary/aromatic N) is 1. The van der Waals surface area contributed by atoms with Crippen molar-refractivity contribution in [1.82, 2.24) is 4.98 Å². The van der Waals surface area contributed by atoms with Gasteiger partial charge in [0, 0.05) is 6.04 Å². The molecule has 2 aromatic rings. The van der Waals surface area contributed by atoms with E-state index >= 15 is 0 Å². The van der Waals surface area contributed by atoms with E-state index in [4.69, 9.17) is 5.73 Å².